The summed E-state index contributed by atoms with van der Waals surface area (Å²) in [6.07, 6.45) is 0.535. The summed E-state index contributed by atoms with van der Waals surface area (Å²) in [5.41, 5.74) is 0. The van der Waals surface area contributed by atoms with Gasteiger partial charge in [0.25, 0.3) is 0 Å². The molecule has 0 aliphatic rings. The van der Waals surface area contributed by atoms with E-state index in [1.807, 2.05) is 0 Å². The number of ketones is 1. The third-order valence-electron chi connectivity index (χ3n) is 1.12. The van der Waals surface area contributed by atoms with Crippen molar-refractivity contribution in [3.63, 3.8) is 0 Å². The number of halogens is 1. The first-order valence-electron chi connectivity index (χ1n) is 2.96. The molecule has 0 atom stereocenters. The standard InChI is InChI=1S/C7H5ClO2S/c8-7-2-1-6(11-7)5(10)3-4-9/h1-2,4H,3H2. The molecule has 0 fully saturated rings. The first-order chi connectivity index (χ1) is 5.24. The van der Waals surface area contributed by atoms with Crippen molar-refractivity contribution in [1.29, 1.82) is 0 Å². The van der Waals surface area contributed by atoms with E-state index in [1.54, 1.807) is 12.1 Å². The summed E-state index contributed by atoms with van der Waals surface area (Å²) in [6.45, 7) is 0. The van der Waals surface area contributed by atoms with E-state index < -0.39 is 0 Å². The number of Topliss-reactive ketones (excluding diaryl/α,β-unsaturated/α-hetero) is 1. The van der Waals surface area contributed by atoms with Gasteiger partial charge in [-0.05, 0) is 12.1 Å². The molecule has 0 aliphatic heterocycles. The summed E-state index contributed by atoms with van der Waals surface area (Å²) in [5, 5.41) is 0. The van der Waals surface area contributed by atoms with Gasteiger partial charge < -0.3 is 4.79 Å². The predicted octanol–water partition coefficient (Wildman–Crippen LogP) is 2.17. The van der Waals surface area contributed by atoms with Crippen LogP contribution in [0.15, 0.2) is 12.1 Å². The van der Waals surface area contributed by atoms with Gasteiger partial charge in [-0.1, -0.05) is 11.6 Å². The Bertz CT molecular complexity index is 280. The minimum absolute atomic E-state index is 0.0587. The van der Waals surface area contributed by atoms with E-state index in [4.69, 9.17) is 11.6 Å². The lowest BCUT2D eigenvalue weighted by molar-refractivity contribution is -0.107. The topological polar surface area (TPSA) is 34.1 Å². The third kappa shape index (κ3) is 2.13. The number of thiophene rings is 1. The summed E-state index contributed by atoms with van der Waals surface area (Å²) in [4.78, 5) is 21.5. The van der Waals surface area contributed by atoms with Crippen molar-refractivity contribution in [2.45, 2.75) is 6.42 Å². The zero-order valence-corrected chi connectivity index (χ0v) is 7.11. The molecule has 0 aromatic carbocycles. The van der Waals surface area contributed by atoms with Crippen LogP contribution in [0.1, 0.15) is 16.1 Å². The van der Waals surface area contributed by atoms with E-state index in [-0.39, 0.29) is 12.2 Å². The van der Waals surface area contributed by atoms with Gasteiger partial charge in [-0.15, -0.1) is 11.3 Å². The Kier molecular flexibility index (Phi) is 2.79. The molecule has 0 saturated carbocycles. The fourth-order valence-electron chi connectivity index (χ4n) is 0.640. The van der Waals surface area contributed by atoms with Crippen LogP contribution in [0.25, 0.3) is 0 Å². The highest BCUT2D eigenvalue weighted by molar-refractivity contribution is 7.18. The summed E-state index contributed by atoms with van der Waals surface area (Å²) in [6, 6.07) is 3.27. The van der Waals surface area contributed by atoms with Crippen LogP contribution in [0.2, 0.25) is 4.34 Å². The third-order valence-corrected chi connectivity index (χ3v) is 2.39. The highest BCUT2D eigenvalue weighted by Crippen LogP contribution is 2.22. The molecule has 4 heteroatoms. The van der Waals surface area contributed by atoms with Gasteiger partial charge in [-0.2, -0.15) is 0 Å². The van der Waals surface area contributed by atoms with Gasteiger partial charge in [0.05, 0.1) is 15.6 Å². The molecule has 0 bridgehead atoms. The largest absolute Gasteiger partial charge is 0.303 e. The Morgan fingerprint density at radius 2 is 2.36 bits per heavy atom. The maximum Gasteiger partial charge on any atom is 0.179 e. The average Bonchev–Trinajstić information content (AvgIpc) is 2.36. The van der Waals surface area contributed by atoms with Gasteiger partial charge in [0.1, 0.15) is 6.29 Å². The van der Waals surface area contributed by atoms with Crippen LogP contribution in [0.4, 0.5) is 0 Å². The van der Waals surface area contributed by atoms with Crippen molar-refractivity contribution >= 4 is 35.0 Å². The Morgan fingerprint density at radius 3 is 2.82 bits per heavy atom. The molecule has 11 heavy (non-hydrogen) atoms. The van der Waals surface area contributed by atoms with Gasteiger partial charge in [0.15, 0.2) is 5.78 Å². The van der Waals surface area contributed by atoms with Gasteiger partial charge in [-0.25, -0.2) is 0 Å². The fourth-order valence-corrected chi connectivity index (χ4v) is 1.63. The first kappa shape index (κ1) is 8.43. The van der Waals surface area contributed by atoms with Crippen LogP contribution in [0.3, 0.4) is 0 Å². The lowest BCUT2D eigenvalue weighted by Gasteiger charge is -1.86. The highest BCUT2D eigenvalue weighted by atomic mass is 35.5. The lowest BCUT2D eigenvalue weighted by Crippen LogP contribution is -1.95. The molecule has 58 valence electrons. The van der Waals surface area contributed by atoms with Crippen molar-refractivity contribution in [2.24, 2.45) is 0 Å². The highest BCUT2D eigenvalue weighted by Gasteiger charge is 2.06. The van der Waals surface area contributed by atoms with E-state index in [0.29, 0.717) is 15.5 Å². The molecule has 0 saturated heterocycles. The van der Waals surface area contributed by atoms with Crippen LogP contribution >= 0.6 is 22.9 Å². The van der Waals surface area contributed by atoms with Gasteiger partial charge in [-0.3, -0.25) is 4.79 Å². The molecule has 2 nitrogen and oxygen atoms in total. The molecule has 1 aromatic heterocycles. The van der Waals surface area contributed by atoms with Crippen molar-refractivity contribution in [1.82, 2.24) is 0 Å². The summed E-state index contributed by atoms with van der Waals surface area (Å²) in [7, 11) is 0. The monoisotopic (exact) mass is 188 g/mol. The number of hydrogen-bond acceptors (Lipinski definition) is 3. The van der Waals surface area contributed by atoms with E-state index in [2.05, 4.69) is 0 Å². The summed E-state index contributed by atoms with van der Waals surface area (Å²) in [5.74, 6) is -0.170. The van der Waals surface area contributed by atoms with Crippen LogP contribution in [0, 0.1) is 0 Å². The Morgan fingerprint density at radius 1 is 1.64 bits per heavy atom. The number of hydrogen-bond donors (Lipinski definition) is 0. The van der Waals surface area contributed by atoms with E-state index >= 15 is 0 Å². The van der Waals surface area contributed by atoms with E-state index in [9.17, 15) is 9.59 Å². The minimum atomic E-state index is -0.170. The second-order valence-electron chi connectivity index (χ2n) is 1.90. The van der Waals surface area contributed by atoms with Gasteiger partial charge in [0, 0.05) is 0 Å². The molecule has 0 amide bonds. The second kappa shape index (κ2) is 3.64. The van der Waals surface area contributed by atoms with Crippen LogP contribution in [-0.2, 0) is 4.79 Å². The molecule has 0 unspecified atom stereocenters. The number of carbonyl (C=O) groups excluding carboxylic acids is 2. The summed E-state index contributed by atoms with van der Waals surface area (Å²) < 4.78 is 0.569. The number of carbonyl (C=O) groups is 2. The number of rotatable bonds is 3. The van der Waals surface area contributed by atoms with Crippen molar-refractivity contribution in [3.8, 4) is 0 Å². The SMILES string of the molecule is O=CCC(=O)c1ccc(Cl)s1. The summed E-state index contributed by atoms with van der Waals surface area (Å²) >= 11 is 6.78. The molecule has 0 spiro atoms. The van der Waals surface area contributed by atoms with E-state index in [0.717, 1.165) is 0 Å². The smallest absolute Gasteiger partial charge is 0.179 e. The zero-order valence-electron chi connectivity index (χ0n) is 5.54. The molecular formula is C7H5ClO2S. The van der Waals surface area contributed by atoms with Gasteiger partial charge in [0.2, 0.25) is 0 Å². The zero-order chi connectivity index (χ0) is 8.27. The van der Waals surface area contributed by atoms with E-state index in [1.165, 1.54) is 11.3 Å². The Hall–Kier alpha value is -0.670. The Balaban J connectivity index is 2.76. The van der Waals surface area contributed by atoms with Crippen molar-refractivity contribution < 1.29 is 9.59 Å². The number of aldehydes is 1. The van der Waals surface area contributed by atoms with Crippen LogP contribution in [-0.4, -0.2) is 12.1 Å². The molecule has 1 rings (SSSR count). The van der Waals surface area contributed by atoms with Crippen LogP contribution in [0.5, 0.6) is 0 Å². The van der Waals surface area contributed by atoms with Crippen LogP contribution < -0.4 is 0 Å². The molecule has 1 heterocycles. The average molecular weight is 189 g/mol. The maximum atomic E-state index is 11.0. The molecule has 0 aliphatic carbocycles. The quantitative estimate of drug-likeness (QED) is 0.414. The minimum Gasteiger partial charge on any atom is -0.303 e. The molecule has 1 aromatic rings. The first-order valence-corrected chi connectivity index (χ1v) is 4.15. The molecule has 0 radical (unpaired) electrons. The van der Waals surface area contributed by atoms with Gasteiger partial charge >= 0.3 is 0 Å². The fraction of sp³-hybridized carbons (Fsp3) is 0.143. The molecular weight excluding hydrogens is 184 g/mol. The second-order valence-corrected chi connectivity index (χ2v) is 3.61. The Labute approximate surface area is 72.8 Å². The van der Waals surface area contributed by atoms with Crippen molar-refractivity contribution in [3.05, 3.63) is 21.3 Å². The normalized spacial score (nSPS) is 9.55. The maximum absolute atomic E-state index is 11.0. The predicted molar refractivity (Wildman–Crippen MR) is 44.3 cm³/mol. The lowest BCUT2D eigenvalue weighted by atomic mass is 10.2. The van der Waals surface area contributed by atoms with Crippen molar-refractivity contribution in [2.75, 3.05) is 0 Å². The molecule has 0 N–H and O–H groups in total.